The van der Waals surface area contributed by atoms with E-state index in [4.69, 9.17) is 0 Å². The number of methoxy groups -OCH3 is 1. The first-order valence-corrected chi connectivity index (χ1v) is 8.35. The lowest BCUT2D eigenvalue weighted by atomic mass is 9.81. The average Bonchev–Trinajstić information content (AvgIpc) is 2.75. The van der Waals surface area contributed by atoms with Crippen LogP contribution in [-0.4, -0.2) is 66.4 Å². The highest BCUT2D eigenvalue weighted by Crippen LogP contribution is 2.39. The van der Waals surface area contributed by atoms with Crippen LogP contribution in [-0.2, 0) is 19.1 Å². The van der Waals surface area contributed by atoms with Crippen molar-refractivity contribution in [1.29, 1.82) is 0 Å². The van der Waals surface area contributed by atoms with Crippen molar-refractivity contribution in [3.8, 4) is 0 Å². The Bertz CT molecular complexity index is 528. The van der Waals surface area contributed by atoms with E-state index in [-0.39, 0.29) is 24.8 Å². The minimum atomic E-state index is -0.763. The molecule has 2 aliphatic rings. The largest absolute Gasteiger partial charge is 0.469 e. The standard InChI is InChI=1S/C16H25N3O5/c1-18-15(23)19(14(22)16(18)8-4-3-5-9-16)11-12(20)17-10-6-7-13(21)24-2/h3-11H2,1-2H3,(H,17,20). The highest BCUT2D eigenvalue weighted by atomic mass is 16.5. The Labute approximate surface area is 141 Å². The molecule has 0 aromatic carbocycles. The first kappa shape index (κ1) is 18.2. The van der Waals surface area contributed by atoms with Crippen molar-refractivity contribution in [2.75, 3.05) is 27.2 Å². The van der Waals surface area contributed by atoms with Gasteiger partial charge in [-0.15, -0.1) is 0 Å². The molecule has 0 radical (unpaired) electrons. The molecule has 1 N–H and O–H groups in total. The molecule has 4 amide bonds. The quantitative estimate of drug-likeness (QED) is 0.435. The van der Waals surface area contributed by atoms with E-state index < -0.39 is 17.5 Å². The van der Waals surface area contributed by atoms with Crippen molar-refractivity contribution < 1.29 is 23.9 Å². The van der Waals surface area contributed by atoms with Crippen molar-refractivity contribution in [2.24, 2.45) is 0 Å². The molecular weight excluding hydrogens is 314 g/mol. The van der Waals surface area contributed by atoms with Crippen molar-refractivity contribution in [3.63, 3.8) is 0 Å². The maximum atomic E-state index is 12.7. The normalized spacial score (nSPS) is 19.8. The van der Waals surface area contributed by atoms with Gasteiger partial charge in [0.05, 0.1) is 7.11 Å². The smallest absolute Gasteiger partial charge is 0.327 e. The zero-order valence-electron chi connectivity index (χ0n) is 14.3. The number of ether oxygens (including phenoxy) is 1. The predicted octanol–water partition coefficient (Wildman–Crippen LogP) is 0.653. The number of nitrogens with one attached hydrogen (secondary N) is 1. The summed E-state index contributed by atoms with van der Waals surface area (Å²) in [5.41, 5.74) is -0.763. The Kier molecular flexibility index (Phi) is 5.80. The summed E-state index contributed by atoms with van der Waals surface area (Å²) in [6.07, 6.45) is 4.87. The Morgan fingerprint density at radius 3 is 2.50 bits per heavy atom. The lowest BCUT2D eigenvalue weighted by molar-refractivity contribution is -0.140. The van der Waals surface area contributed by atoms with Crippen molar-refractivity contribution in [3.05, 3.63) is 0 Å². The fourth-order valence-electron chi connectivity index (χ4n) is 3.43. The monoisotopic (exact) mass is 339 g/mol. The van der Waals surface area contributed by atoms with Crippen molar-refractivity contribution >= 4 is 23.8 Å². The molecule has 134 valence electrons. The van der Waals surface area contributed by atoms with Gasteiger partial charge in [-0.05, 0) is 19.3 Å². The average molecular weight is 339 g/mol. The van der Waals surface area contributed by atoms with Gasteiger partial charge in [0, 0.05) is 20.0 Å². The number of rotatable bonds is 6. The van der Waals surface area contributed by atoms with Crippen molar-refractivity contribution in [1.82, 2.24) is 15.1 Å². The number of carbonyl (C=O) groups excluding carboxylic acids is 4. The molecule has 1 heterocycles. The third-order valence-corrected chi connectivity index (χ3v) is 4.89. The first-order valence-electron chi connectivity index (χ1n) is 8.35. The summed E-state index contributed by atoms with van der Waals surface area (Å²) in [7, 11) is 2.95. The fraction of sp³-hybridized carbons (Fsp3) is 0.750. The molecule has 0 unspecified atom stereocenters. The highest BCUT2D eigenvalue weighted by Gasteiger charge is 2.55. The Morgan fingerprint density at radius 1 is 1.21 bits per heavy atom. The molecule has 0 bridgehead atoms. The lowest BCUT2D eigenvalue weighted by Gasteiger charge is -2.35. The van der Waals surface area contributed by atoms with E-state index in [0.717, 1.165) is 24.2 Å². The van der Waals surface area contributed by atoms with Crippen LogP contribution in [0.4, 0.5) is 4.79 Å². The number of imide groups is 1. The molecule has 1 aliphatic carbocycles. The number of hydrogen-bond acceptors (Lipinski definition) is 5. The summed E-state index contributed by atoms with van der Waals surface area (Å²) in [6.45, 7) is 0.0209. The molecule has 0 atom stereocenters. The van der Waals surface area contributed by atoms with Gasteiger partial charge in [0.15, 0.2) is 0 Å². The third kappa shape index (κ3) is 3.52. The van der Waals surface area contributed by atoms with E-state index in [1.54, 1.807) is 7.05 Å². The molecule has 0 aromatic heterocycles. The number of nitrogens with zero attached hydrogens (tertiary/aromatic N) is 2. The summed E-state index contributed by atoms with van der Waals surface area (Å²) >= 11 is 0. The molecule has 8 nitrogen and oxygen atoms in total. The van der Waals surface area contributed by atoms with Crippen LogP contribution in [0.15, 0.2) is 0 Å². The van der Waals surface area contributed by atoms with E-state index in [1.807, 2.05) is 0 Å². The van der Waals surface area contributed by atoms with Gasteiger partial charge in [0.2, 0.25) is 5.91 Å². The zero-order chi connectivity index (χ0) is 17.7. The second-order valence-corrected chi connectivity index (χ2v) is 6.35. The number of amides is 4. The van der Waals surface area contributed by atoms with Crippen LogP contribution in [0.5, 0.6) is 0 Å². The highest BCUT2D eigenvalue weighted by molar-refractivity contribution is 6.08. The number of urea groups is 1. The zero-order valence-corrected chi connectivity index (χ0v) is 14.3. The number of esters is 1. The van der Waals surface area contributed by atoms with Gasteiger partial charge >= 0.3 is 12.0 Å². The fourth-order valence-corrected chi connectivity index (χ4v) is 3.43. The molecule has 1 saturated heterocycles. The Balaban J connectivity index is 1.87. The minimum absolute atomic E-state index is 0.213. The number of hydrogen-bond donors (Lipinski definition) is 1. The van der Waals surface area contributed by atoms with Gasteiger partial charge in [0.1, 0.15) is 12.1 Å². The van der Waals surface area contributed by atoms with Crippen LogP contribution in [0.3, 0.4) is 0 Å². The minimum Gasteiger partial charge on any atom is -0.469 e. The van der Waals surface area contributed by atoms with E-state index in [0.29, 0.717) is 25.8 Å². The molecule has 24 heavy (non-hydrogen) atoms. The van der Waals surface area contributed by atoms with Crippen LogP contribution in [0.1, 0.15) is 44.9 Å². The number of carbonyl (C=O) groups is 4. The van der Waals surface area contributed by atoms with Gasteiger partial charge < -0.3 is 15.0 Å². The van der Waals surface area contributed by atoms with Gasteiger partial charge in [-0.2, -0.15) is 0 Å². The van der Waals surface area contributed by atoms with Crippen LogP contribution < -0.4 is 5.32 Å². The maximum Gasteiger partial charge on any atom is 0.327 e. The Morgan fingerprint density at radius 2 is 1.88 bits per heavy atom. The lowest BCUT2D eigenvalue weighted by Crippen LogP contribution is -2.49. The Hall–Kier alpha value is -2.12. The van der Waals surface area contributed by atoms with Crippen LogP contribution in [0.25, 0.3) is 0 Å². The van der Waals surface area contributed by atoms with Crippen molar-refractivity contribution in [2.45, 2.75) is 50.5 Å². The summed E-state index contributed by atoms with van der Waals surface area (Å²) in [4.78, 5) is 50.6. The van der Waals surface area contributed by atoms with E-state index in [2.05, 4.69) is 10.1 Å². The topological polar surface area (TPSA) is 96.0 Å². The van der Waals surface area contributed by atoms with Crippen LogP contribution in [0, 0.1) is 0 Å². The van der Waals surface area contributed by atoms with Gasteiger partial charge in [-0.1, -0.05) is 19.3 Å². The third-order valence-electron chi connectivity index (χ3n) is 4.89. The molecule has 2 fully saturated rings. The maximum absolute atomic E-state index is 12.7. The number of likely N-dealkylation sites (N-methyl/N-ethyl adjacent to an activating group) is 1. The summed E-state index contributed by atoms with van der Waals surface area (Å²) in [6, 6.07) is -0.411. The molecule has 0 aromatic rings. The molecule has 1 aliphatic heterocycles. The van der Waals surface area contributed by atoms with Gasteiger partial charge in [-0.3, -0.25) is 19.3 Å². The second kappa shape index (κ2) is 7.63. The van der Waals surface area contributed by atoms with Gasteiger partial charge in [-0.25, -0.2) is 4.79 Å². The molecular formula is C16H25N3O5. The second-order valence-electron chi connectivity index (χ2n) is 6.35. The molecule has 1 saturated carbocycles. The molecule has 2 rings (SSSR count). The van der Waals surface area contributed by atoms with Crippen LogP contribution >= 0.6 is 0 Å². The molecule has 1 spiro atoms. The predicted molar refractivity (Wildman–Crippen MR) is 84.9 cm³/mol. The summed E-state index contributed by atoms with van der Waals surface area (Å²) < 4.78 is 4.51. The summed E-state index contributed by atoms with van der Waals surface area (Å²) in [5, 5.41) is 2.62. The van der Waals surface area contributed by atoms with Crippen LogP contribution in [0.2, 0.25) is 0 Å². The summed E-state index contributed by atoms with van der Waals surface area (Å²) in [5.74, 6) is -1.00. The van der Waals surface area contributed by atoms with E-state index in [9.17, 15) is 19.2 Å². The van der Waals surface area contributed by atoms with E-state index in [1.165, 1.54) is 12.0 Å². The van der Waals surface area contributed by atoms with E-state index >= 15 is 0 Å². The van der Waals surface area contributed by atoms with Gasteiger partial charge in [0.25, 0.3) is 5.91 Å². The SMILES string of the molecule is COC(=O)CCCNC(=O)CN1C(=O)N(C)C2(CCCCC2)C1=O. The molecule has 8 heteroatoms. The first-order chi connectivity index (χ1) is 11.4.